The third kappa shape index (κ3) is 1.88. The summed E-state index contributed by atoms with van der Waals surface area (Å²) < 4.78 is 0. The molecular formula is C12H17N3O. The summed E-state index contributed by atoms with van der Waals surface area (Å²) in [6, 6.07) is 7.79. The Kier molecular flexibility index (Phi) is 2.83. The molecule has 0 aromatic heterocycles. The van der Waals surface area contributed by atoms with Crippen molar-refractivity contribution in [2.75, 3.05) is 18.9 Å². The van der Waals surface area contributed by atoms with Gasteiger partial charge in [0.15, 0.2) is 0 Å². The Hall–Kier alpha value is -1.55. The highest BCUT2D eigenvalue weighted by atomic mass is 16.2. The lowest BCUT2D eigenvalue weighted by atomic mass is 9.86. The molecule has 1 unspecified atom stereocenters. The Balaban J connectivity index is 2.36. The average Bonchev–Trinajstić information content (AvgIpc) is 2.26. The predicted octanol–water partition coefficient (Wildman–Crippen LogP) is 1.65. The number of urea groups is 1. The molecule has 0 saturated heterocycles. The lowest BCUT2D eigenvalue weighted by Gasteiger charge is -2.37. The van der Waals surface area contributed by atoms with Gasteiger partial charge in [0.1, 0.15) is 0 Å². The zero-order valence-corrected chi connectivity index (χ0v) is 9.63. The molecule has 0 aliphatic carbocycles. The largest absolute Gasteiger partial charge is 0.329 e. The Morgan fingerprint density at radius 1 is 1.38 bits per heavy atom. The zero-order valence-electron chi connectivity index (χ0n) is 9.63. The van der Waals surface area contributed by atoms with E-state index in [4.69, 9.17) is 0 Å². The molecule has 0 bridgehead atoms. The summed E-state index contributed by atoms with van der Waals surface area (Å²) in [5, 5.41) is 8.93. The molecule has 1 aliphatic rings. The Bertz CT molecular complexity index is 405. The van der Waals surface area contributed by atoms with E-state index < -0.39 is 0 Å². The molecule has 4 heteroatoms. The van der Waals surface area contributed by atoms with Crippen molar-refractivity contribution in [2.45, 2.75) is 18.9 Å². The smallest absolute Gasteiger partial charge is 0.319 e. The van der Waals surface area contributed by atoms with Crippen LogP contribution in [0.5, 0.6) is 0 Å². The minimum Gasteiger partial charge on any atom is -0.329 e. The number of fused-ring (bicyclic) bond motifs is 1. The molecule has 0 radical (unpaired) electrons. The van der Waals surface area contributed by atoms with Crippen LogP contribution in [0.4, 0.5) is 10.5 Å². The molecule has 0 saturated carbocycles. The molecule has 3 N–H and O–H groups in total. The number of carbonyl (C=O) groups is 1. The molecule has 1 aliphatic heterocycles. The van der Waals surface area contributed by atoms with E-state index in [2.05, 4.69) is 28.9 Å². The maximum absolute atomic E-state index is 11.6. The van der Waals surface area contributed by atoms with E-state index in [1.165, 1.54) is 0 Å². The van der Waals surface area contributed by atoms with Gasteiger partial charge < -0.3 is 16.0 Å². The number of benzene rings is 1. The third-order valence-corrected chi connectivity index (χ3v) is 3.03. The fourth-order valence-electron chi connectivity index (χ4n) is 2.12. The highest BCUT2D eigenvalue weighted by Gasteiger charge is 2.34. The van der Waals surface area contributed by atoms with Crippen molar-refractivity contribution in [3.8, 4) is 0 Å². The SMILES string of the molecule is CNCCC1(C)NC(=O)Nc2ccccc21. The molecule has 1 atom stereocenters. The predicted molar refractivity (Wildman–Crippen MR) is 64.5 cm³/mol. The topological polar surface area (TPSA) is 53.2 Å². The van der Waals surface area contributed by atoms with Crippen LogP contribution in [-0.4, -0.2) is 19.6 Å². The molecular weight excluding hydrogens is 202 g/mol. The number of rotatable bonds is 3. The first kappa shape index (κ1) is 11.0. The first-order valence-electron chi connectivity index (χ1n) is 5.49. The fourth-order valence-corrected chi connectivity index (χ4v) is 2.12. The molecule has 4 nitrogen and oxygen atoms in total. The average molecular weight is 219 g/mol. The highest BCUT2D eigenvalue weighted by molar-refractivity contribution is 5.93. The number of amides is 2. The summed E-state index contributed by atoms with van der Waals surface area (Å²) in [4.78, 5) is 11.6. The molecule has 86 valence electrons. The van der Waals surface area contributed by atoms with Gasteiger partial charge in [0.25, 0.3) is 0 Å². The van der Waals surface area contributed by atoms with Gasteiger partial charge in [-0.15, -0.1) is 0 Å². The standard InChI is InChI=1S/C12H17N3O/c1-12(7-8-13-2)9-5-3-4-6-10(9)14-11(16)15-12/h3-6,13H,7-8H2,1-2H3,(H2,14,15,16). The van der Waals surface area contributed by atoms with E-state index in [9.17, 15) is 4.79 Å². The molecule has 1 aromatic rings. The highest BCUT2D eigenvalue weighted by Crippen LogP contribution is 2.33. The van der Waals surface area contributed by atoms with E-state index in [1.54, 1.807) is 0 Å². The molecule has 16 heavy (non-hydrogen) atoms. The van der Waals surface area contributed by atoms with Crippen LogP contribution >= 0.6 is 0 Å². The van der Waals surface area contributed by atoms with Gasteiger partial charge in [0, 0.05) is 11.3 Å². The number of para-hydroxylation sites is 1. The molecule has 1 aromatic carbocycles. The van der Waals surface area contributed by atoms with E-state index >= 15 is 0 Å². The maximum atomic E-state index is 11.6. The third-order valence-electron chi connectivity index (χ3n) is 3.03. The van der Waals surface area contributed by atoms with E-state index in [1.807, 2.05) is 25.2 Å². The molecule has 2 rings (SSSR count). The first-order valence-corrected chi connectivity index (χ1v) is 5.49. The summed E-state index contributed by atoms with van der Waals surface area (Å²) in [5.41, 5.74) is 1.76. The maximum Gasteiger partial charge on any atom is 0.319 e. The number of carbonyl (C=O) groups excluding carboxylic acids is 1. The Morgan fingerprint density at radius 2 is 2.12 bits per heavy atom. The molecule has 2 amide bonds. The second-order valence-electron chi connectivity index (χ2n) is 4.31. The van der Waals surface area contributed by atoms with Crippen molar-refractivity contribution in [1.82, 2.24) is 10.6 Å². The van der Waals surface area contributed by atoms with Gasteiger partial charge in [-0.3, -0.25) is 0 Å². The molecule has 1 heterocycles. The number of anilines is 1. The normalized spacial score (nSPS) is 23.2. The zero-order chi connectivity index (χ0) is 11.6. The Morgan fingerprint density at radius 3 is 2.88 bits per heavy atom. The van der Waals surface area contributed by atoms with Gasteiger partial charge >= 0.3 is 6.03 Å². The molecule has 0 spiro atoms. The summed E-state index contributed by atoms with van der Waals surface area (Å²) in [6.45, 7) is 2.92. The van der Waals surface area contributed by atoms with Crippen molar-refractivity contribution < 1.29 is 4.79 Å². The van der Waals surface area contributed by atoms with Gasteiger partial charge in [-0.25, -0.2) is 4.79 Å². The molecule has 0 fully saturated rings. The van der Waals surface area contributed by atoms with Crippen molar-refractivity contribution in [2.24, 2.45) is 0 Å². The number of hydrogen-bond acceptors (Lipinski definition) is 2. The monoisotopic (exact) mass is 219 g/mol. The Labute approximate surface area is 95.4 Å². The van der Waals surface area contributed by atoms with Crippen molar-refractivity contribution >= 4 is 11.7 Å². The van der Waals surface area contributed by atoms with Crippen molar-refractivity contribution in [1.29, 1.82) is 0 Å². The minimum atomic E-state index is -0.290. The van der Waals surface area contributed by atoms with Crippen LogP contribution in [0.15, 0.2) is 24.3 Å². The van der Waals surface area contributed by atoms with Crippen LogP contribution < -0.4 is 16.0 Å². The van der Waals surface area contributed by atoms with Crippen LogP contribution in [0.25, 0.3) is 0 Å². The first-order chi connectivity index (χ1) is 7.65. The van der Waals surface area contributed by atoms with Crippen molar-refractivity contribution in [3.05, 3.63) is 29.8 Å². The summed E-state index contributed by atoms with van der Waals surface area (Å²) in [6.07, 6.45) is 0.869. The number of hydrogen-bond donors (Lipinski definition) is 3. The summed E-state index contributed by atoms with van der Waals surface area (Å²) in [5.74, 6) is 0. The lowest BCUT2D eigenvalue weighted by molar-refractivity contribution is 0.234. The lowest BCUT2D eigenvalue weighted by Crippen LogP contribution is -2.50. The van der Waals surface area contributed by atoms with Crippen LogP contribution in [0.2, 0.25) is 0 Å². The van der Waals surface area contributed by atoms with Crippen LogP contribution in [0.1, 0.15) is 18.9 Å². The van der Waals surface area contributed by atoms with Gasteiger partial charge in [-0.1, -0.05) is 18.2 Å². The van der Waals surface area contributed by atoms with Gasteiger partial charge in [0.2, 0.25) is 0 Å². The van der Waals surface area contributed by atoms with Gasteiger partial charge in [0.05, 0.1) is 5.54 Å². The van der Waals surface area contributed by atoms with Crippen LogP contribution in [-0.2, 0) is 5.54 Å². The van der Waals surface area contributed by atoms with Gasteiger partial charge in [-0.05, 0) is 33.0 Å². The van der Waals surface area contributed by atoms with Crippen LogP contribution in [0, 0.1) is 0 Å². The second-order valence-corrected chi connectivity index (χ2v) is 4.31. The van der Waals surface area contributed by atoms with Crippen LogP contribution in [0.3, 0.4) is 0 Å². The fraction of sp³-hybridized carbons (Fsp3) is 0.417. The quantitative estimate of drug-likeness (QED) is 0.724. The minimum absolute atomic E-state index is 0.127. The number of nitrogens with one attached hydrogen (secondary N) is 3. The van der Waals surface area contributed by atoms with Gasteiger partial charge in [-0.2, -0.15) is 0 Å². The van der Waals surface area contributed by atoms with Crippen molar-refractivity contribution in [3.63, 3.8) is 0 Å². The second kappa shape index (κ2) is 4.14. The van der Waals surface area contributed by atoms with E-state index in [0.29, 0.717) is 0 Å². The summed E-state index contributed by atoms with van der Waals surface area (Å²) in [7, 11) is 1.91. The van der Waals surface area contributed by atoms with E-state index in [-0.39, 0.29) is 11.6 Å². The van der Waals surface area contributed by atoms with E-state index in [0.717, 1.165) is 24.2 Å². The summed E-state index contributed by atoms with van der Waals surface area (Å²) >= 11 is 0.